The second kappa shape index (κ2) is 13.7. The van der Waals surface area contributed by atoms with Gasteiger partial charge in [-0.3, -0.25) is 9.79 Å². The molecule has 2 aromatic rings. The van der Waals surface area contributed by atoms with E-state index in [2.05, 4.69) is 20.9 Å². The number of hydrogen-bond donors (Lipinski definition) is 3. The molecule has 0 heterocycles. The van der Waals surface area contributed by atoms with Crippen molar-refractivity contribution in [3.05, 3.63) is 53.6 Å². The van der Waals surface area contributed by atoms with Gasteiger partial charge in [-0.25, -0.2) is 0 Å². The van der Waals surface area contributed by atoms with Gasteiger partial charge in [-0.05, 0) is 50.1 Å². The molecule has 0 saturated carbocycles. The van der Waals surface area contributed by atoms with E-state index in [4.69, 9.17) is 9.47 Å². The summed E-state index contributed by atoms with van der Waals surface area (Å²) in [5.41, 5.74) is 2.46. The zero-order valence-electron chi connectivity index (χ0n) is 18.8. The Kier molecular flexibility index (Phi) is 11.8. The normalized spacial score (nSPS) is 11.7. The molecule has 1 amide bonds. The molecule has 0 spiro atoms. The molecule has 1 atom stereocenters. The Hall–Kier alpha value is -2.49. The molecule has 0 aliphatic rings. The van der Waals surface area contributed by atoms with Crippen LogP contribution in [0.1, 0.15) is 43.1 Å². The highest BCUT2D eigenvalue weighted by Crippen LogP contribution is 2.30. The van der Waals surface area contributed by atoms with E-state index in [9.17, 15) is 4.79 Å². The van der Waals surface area contributed by atoms with E-state index >= 15 is 0 Å². The molecule has 2 aromatic carbocycles. The van der Waals surface area contributed by atoms with Gasteiger partial charge < -0.3 is 25.4 Å². The Morgan fingerprint density at radius 3 is 2.55 bits per heavy atom. The number of carbonyl (C=O) groups excluding carboxylic acids is 1. The fraction of sp³-hybridized carbons (Fsp3) is 0.391. The molecule has 0 radical (unpaired) electrons. The molecule has 1 unspecified atom stereocenters. The number of methoxy groups -OCH3 is 1. The molecule has 170 valence electrons. The van der Waals surface area contributed by atoms with Crippen LogP contribution < -0.4 is 25.4 Å². The molecule has 0 saturated heterocycles. The van der Waals surface area contributed by atoms with E-state index in [1.54, 1.807) is 14.2 Å². The fourth-order valence-electron chi connectivity index (χ4n) is 2.75. The van der Waals surface area contributed by atoms with Crippen LogP contribution >= 0.6 is 24.0 Å². The lowest BCUT2D eigenvalue weighted by molar-refractivity contribution is 0.0939. The fourth-order valence-corrected chi connectivity index (χ4v) is 2.75. The van der Waals surface area contributed by atoms with Crippen LogP contribution in [0.15, 0.2) is 47.5 Å². The van der Waals surface area contributed by atoms with Crippen LogP contribution in [-0.2, 0) is 6.54 Å². The lowest BCUT2D eigenvalue weighted by Crippen LogP contribution is -2.32. The first-order valence-electron chi connectivity index (χ1n) is 10.2. The van der Waals surface area contributed by atoms with Crippen molar-refractivity contribution in [1.29, 1.82) is 0 Å². The smallest absolute Gasteiger partial charge is 0.251 e. The molecule has 0 fully saturated rings. The first-order chi connectivity index (χ1) is 14.5. The summed E-state index contributed by atoms with van der Waals surface area (Å²) >= 11 is 0. The third kappa shape index (κ3) is 8.28. The molecule has 0 bridgehead atoms. The van der Waals surface area contributed by atoms with Crippen LogP contribution in [0.25, 0.3) is 0 Å². The summed E-state index contributed by atoms with van der Waals surface area (Å²) in [6.45, 7) is 7.07. The highest BCUT2D eigenvalue weighted by molar-refractivity contribution is 14.0. The molecule has 3 N–H and O–H groups in total. The summed E-state index contributed by atoms with van der Waals surface area (Å²) < 4.78 is 10.9. The Labute approximate surface area is 202 Å². The molecular formula is C23H33IN4O3. The van der Waals surface area contributed by atoms with Gasteiger partial charge in [0.05, 0.1) is 13.7 Å². The second-order valence-electron chi connectivity index (χ2n) is 6.83. The molecular weight excluding hydrogens is 507 g/mol. The maximum absolute atomic E-state index is 12.3. The lowest BCUT2D eigenvalue weighted by Gasteiger charge is -2.15. The van der Waals surface area contributed by atoms with Crippen molar-refractivity contribution in [2.45, 2.75) is 39.8 Å². The zero-order chi connectivity index (χ0) is 21.9. The third-order valence-corrected chi connectivity index (χ3v) is 4.59. The number of ether oxygens (including phenoxy) is 2. The van der Waals surface area contributed by atoms with Crippen LogP contribution in [0.2, 0.25) is 0 Å². The molecule has 31 heavy (non-hydrogen) atoms. The molecule has 2 rings (SSSR count). The lowest BCUT2D eigenvalue weighted by atomic mass is 10.1. The summed E-state index contributed by atoms with van der Waals surface area (Å²) in [5.74, 6) is 1.89. The van der Waals surface area contributed by atoms with Crippen molar-refractivity contribution in [2.24, 2.45) is 4.99 Å². The van der Waals surface area contributed by atoms with Gasteiger partial charge in [0.1, 0.15) is 0 Å². The highest BCUT2D eigenvalue weighted by Gasteiger charge is 2.10. The van der Waals surface area contributed by atoms with Gasteiger partial charge in [0.2, 0.25) is 0 Å². The quantitative estimate of drug-likeness (QED) is 0.249. The number of carbonyl (C=O) groups is 1. The maximum Gasteiger partial charge on any atom is 0.251 e. The minimum atomic E-state index is -0.0600. The predicted octanol–water partition coefficient (Wildman–Crippen LogP) is 4.43. The van der Waals surface area contributed by atoms with Crippen molar-refractivity contribution in [3.63, 3.8) is 0 Å². The number of amides is 1. The van der Waals surface area contributed by atoms with Crippen molar-refractivity contribution in [2.75, 3.05) is 26.1 Å². The Balaban J connectivity index is 0.00000480. The highest BCUT2D eigenvalue weighted by atomic mass is 127. The van der Waals surface area contributed by atoms with E-state index in [-0.39, 0.29) is 35.9 Å². The minimum Gasteiger partial charge on any atom is -0.493 e. The van der Waals surface area contributed by atoms with Gasteiger partial charge in [-0.1, -0.05) is 19.1 Å². The van der Waals surface area contributed by atoms with Crippen LogP contribution in [0.4, 0.5) is 5.69 Å². The van der Waals surface area contributed by atoms with Gasteiger partial charge in [-0.2, -0.15) is 0 Å². The summed E-state index contributed by atoms with van der Waals surface area (Å²) in [7, 11) is 3.32. The number of nitrogens with zero attached hydrogens (tertiary/aromatic N) is 1. The maximum atomic E-state index is 12.3. The molecule has 0 aliphatic heterocycles. The summed E-state index contributed by atoms with van der Waals surface area (Å²) in [6.07, 6.45) is 0.894. The monoisotopic (exact) mass is 540 g/mol. The van der Waals surface area contributed by atoms with Gasteiger partial charge in [0.25, 0.3) is 5.91 Å². The number of anilines is 1. The van der Waals surface area contributed by atoms with E-state index < -0.39 is 0 Å². The van der Waals surface area contributed by atoms with Crippen molar-refractivity contribution in [3.8, 4) is 11.5 Å². The van der Waals surface area contributed by atoms with Gasteiger partial charge in [0.15, 0.2) is 17.5 Å². The number of hydrogen-bond acceptors (Lipinski definition) is 4. The minimum absolute atomic E-state index is 0. The van der Waals surface area contributed by atoms with Crippen molar-refractivity contribution < 1.29 is 14.3 Å². The van der Waals surface area contributed by atoms with E-state index in [0.29, 0.717) is 36.2 Å². The van der Waals surface area contributed by atoms with Gasteiger partial charge in [0, 0.05) is 37.0 Å². The Morgan fingerprint density at radius 1 is 1.13 bits per heavy atom. The van der Waals surface area contributed by atoms with E-state index in [0.717, 1.165) is 17.7 Å². The summed E-state index contributed by atoms with van der Waals surface area (Å²) in [6, 6.07) is 13.3. The standard InChI is InChI=1S/C23H32N4O3.HI/c1-6-16(3)26-22(28)18-10-8-9-17(13-18)15-25-23(24-4)27-19-11-12-20(30-7-2)21(14-19)29-5;/h8-14,16H,6-7,15H2,1-5H3,(H,26,28)(H2,24,25,27);1H. The van der Waals surface area contributed by atoms with E-state index in [1.165, 1.54) is 0 Å². The predicted molar refractivity (Wildman–Crippen MR) is 137 cm³/mol. The second-order valence-corrected chi connectivity index (χ2v) is 6.83. The molecule has 8 heteroatoms. The number of halogens is 1. The van der Waals surface area contributed by atoms with Crippen molar-refractivity contribution in [1.82, 2.24) is 10.6 Å². The van der Waals surface area contributed by atoms with Crippen LogP contribution in [-0.4, -0.2) is 38.7 Å². The topological polar surface area (TPSA) is 84.0 Å². The summed E-state index contributed by atoms with van der Waals surface area (Å²) in [5, 5.41) is 9.49. The van der Waals surface area contributed by atoms with Crippen LogP contribution in [0.5, 0.6) is 11.5 Å². The number of guanidine groups is 1. The third-order valence-electron chi connectivity index (χ3n) is 4.59. The summed E-state index contributed by atoms with van der Waals surface area (Å²) in [4.78, 5) is 16.6. The average Bonchev–Trinajstić information content (AvgIpc) is 2.77. The SMILES string of the molecule is CCOc1ccc(NC(=NC)NCc2cccc(C(=O)NC(C)CC)c2)cc1OC.I. The molecule has 0 aliphatic carbocycles. The number of nitrogens with one attached hydrogen (secondary N) is 3. The molecule has 0 aromatic heterocycles. The number of benzene rings is 2. The Bertz CT molecular complexity index is 874. The first-order valence-corrected chi connectivity index (χ1v) is 10.2. The zero-order valence-corrected chi connectivity index (χ0v) is 21.2. The van der Waals surface area contributed by atoms with Crippen molar-refractivity contribution >= 4 is 41.5 Å². The number of rotatable bonds is 9. The van der Waals surface area contributed by atoms with Gasteiger partial charge >= 0.3 is 0 Å². The van der Waals surface area contributed by atoms with E-state index in [1.807, 2.05) is 63.2 Å². The average molecular weight is 540 g/mol. The number of aliphatic imine (C=N–C) groups is 1. The Morgan fingerprint density at radius 2 is 1.90 bits per heavy atom. The first kappa shape index (κ1) is 26.5. The molecule has 7 nitrogen and oxygen atoms in total. The van der Waals surface area contributed by atoms with Gasteiger partial charge in [-0.15, -0.1) is 24.0 Å². The van der Waals surface area contributed by atoms with Crippen LogP contribution in [0, 0.1) is 0 Å². The largest absolute Gasteiger partial charge is 0.493 e. The van der Waals surface area contributed by atoms with Crippen LogP contribution in [0.3, 0.4) is 0 Å².